The second-order valence-corrected chi connectivity index (χ2v) is 8.19. The lowest BCUT2D eigenvalue weighted by atomic mass is 9.97. The molecule has 0 unspecified atom stereocenters. The van der Waals surface area contributed by atoms with Gasteiger partial charge in [0, 0.05) is 30.4 Å². The van der Waals surface area contributed by atoms with Crippen LogP contribution in [0.5, 0.6) is 0 Å². The number of amides is 1. The minimum atomic E-state index is 0.0459. The van der Waals surface area contributed by atoms with Gasteiger partial charge in [0.2, 0.25) is 0 Å². The van der Waals surface area contributed by atoms with Gasteiger partial charge < -0.3 is 14.3 Å². The quantitative estimate of drug-likeness (QED) is 0.521. The summed E-state index contributed by atoms with van der Waals surface area (Å²) in [5.74, 6) is 1.79. The molecule has 0 saturated carbocycles. The zero-order chi connectivity index (χ0) is 20.5. The molecular formula is C25H25N3O2. The van der Waals surface area contributed by atoms with E-state index in [1.807, 2.05) is 35.4 Å². The zero-order valence-electron chi connectivity index (χ0n) is 17.1. The van der Waals surface area contributed by atoms with E-state index >= 15 is 0 Å². The summed E-state index contributed by atoms with van der Waals surface area (Å²) >= 11 is 0. The highest BCUT2D eigenvalue weighted by molar-refractivity contribution is 5.98. The van der Waals surface area contributed by atoms with Crippen molar-refractivity contribution < 1.29 is 9.21 Å². The predicted octanol–water partition coefficient (Wildman–Crippen LogP) is 5.07. The number of carbonyl (C=O) groups is 1. The molecule has 30 heavy (non-hydrogen) atoms. The van der Waals surface area contributed by atoms with Gasteiger partial charge in [0.05, 0.1) is 12.1 Å². The van der Waals surface area contributed by atoms with Gasteiger partial charge in [0.25, 0.3) is 5.91 Å². The number of aromatic nitrogens is 2. The van der Waals surface area contributed by atoms with Crippen LogP contribution in [0.2, 0.25) is 0 Å². The van der Waals surface area contributed by atoms with Crippen molar-refractivity contribution in [2.24, 2.45) is 0 Å². The number of hydrogen-bond acceptors (Lipinski definition) is 3. The highest BCUT2D eigenvalue weighted by Crippen LogP contribution is 2.28. The van der Waals surface area contributed by atoms with E-state index < -0.39 is 0 Å². The van der Waals surface area contributed by atoms with Gasteiger partial charge in [0.15, 0.2) is 5.89 Å². The predicted molar refractivity (Wildman–Crippen MR) is 117 cm³/mol. The molecule has 0 aliphatic carbocycles. The molecule has 1 aliphatic rings. The fourth-order valence-electron chi connectivity index (χ4n) is 4.28. The van der Waals surface area contributed by atoms with E-state index in [1.165, 1.54) is 11.1 Å². The van der Waals surface area contributed by atoms with Gasteiger partial charge in [0.1, 0.15) is 11.5 Å². The Morgan fingerprint density at radius 3 is 2.93 bits per heavy atom. The van der Waals surface area contributed by atoms with Crippen molar-refractivity contribution in [1.82, 2.24) is 14.9 Å². The Kier molecular flexibility index (Phi) is 4.87. The second-order valence-electron chi connectivity index (χ2n) is 8.19. The lowest BCUT2D eigenvalue weighted by Crippen LogP contribution is -2.39. The first-order valence-corrected chi connectivity index (χ1v) is 10.5. The highest BCUT2D eigenvalue weighted by atomic mass is 16.4. The minimum absolute atomic E-state index is 0.0459. The summed E-state index contributed by atoms with van der Waals surface area (Å²) < 4.78 is 6.07. The van der Waals surface area contributed by atoms with E-state index in [9.17, 15) is 4.79 Å². The van der Waals surface area contributed by atoms with Crippen LogP contribution in [0.3, 0.4) is 0 Å². The van der Waals surface area contributed by atoms with Crippen LogP contribution in [0.25, 0.3) is 10.9 Å². The van der Waals surface area contributed by atoms with Crippen molar-refractivity contribution in [1.29, 1.82) is 0 Å². The number of benzene rings is 2. The van der Waals surface area contributed by atoms with Gasteiger partial charge in [-0.05, 0) is 43.0 Å². The van der Waals surface area contributed by atoms with Crippen LogP contribution in [0, 0.1) is 6.92 Å². The largest absolute Gasteiger partial charge is 0.445 e. The van der Waals surface area contributed by atoms with Crippen LogP contribution < -0.4 is 0 Å². The molecule has 1 saturated heterocycles. The number of likely N-dealkylation sites (tertiary alicyclic amines) is 1. The third-order valence-electron chi connectivity index (χ3n) is 5.86. The molecule has 3 heterocycles. The molecule has 152 valence electrons. The average Bonchev–Trinajstić information content (AvgIpc) is 3.41. The van der Waals surface area contributed by atoms with Crippen molar-refractivity contribution in [2.75, 3.05) is 13.1 Å². The molecule has 5 heteroatoms. The summed E-state index contributed by atoms with van der Waals surface area (Å²) in [6.07, 6.45) is 4.49. The molecule has 1 N–H and O–H groups in total. The lowest BCUT2D eigenvalue weighted by molar-refractivity contribution is 0.0693. The van der Waals surface area contributed by atoms with E-state index in [4.69, 9.17) is 4.42 Å². The number of fused-ring (bicyclic) bond motifs is 1. The number of carbonyl (C=O) groups excluding carboxylic acids is 1. The molecule has 2 aromatic carbocycles. The molecule has 0 radical (unpaired) electrons. The van der Waals surface area contributed by atoms with E-state index in [-0.39, 0.29) is 11.8 Å². The van der Waals surface area contributed by atoms with Crippen molar-refractivity contribution >= 4 is 16.8 Å². The number of hydrogen-bond donors (Lipinski definition) is 1. The second kappa shape index (κ2) is 7.82. The van der Waals surface area contributed by atoms with E-state index in [1.54, 1.807) is 0 Å². The minimum Gasteiger partial charge on any atom is -0.445 e. The van der Waals surface area contributed by atoms with Crippen LogP contribution in [-0.2, 0) is 6.42 Å². The number of H-pyrrole nitrogens is 1. The first-order chi connectivity index (χ1) is 14.7. The molecule has 0 bridgehead atoms. The topological polar surface area (TPSA) is 62.1 Å². The normalized spacial score (nSPS) is 16.8. The summed E-state index contributed by atoms with van der Waals surface area (Å²) in [7, 11) is 0. The number of aryl methyl sites for hydroxylation is 1. The summed E-state index contributed by atoms with van der Waals surface area (Å²) in [5, 5.41) is 1.07. The number of oxazole rings is 1. The third kappa shape index (κ3) is 3.75. The zero-order valence-corrected chi connectivity index (χ0v) is 17.1. The first-order valence-electron chi connectivity index (χ1n) is 10.5. The smallest absolute Gasteiger partial charge is 0.270 e. The maximum atomic E-state index is 13.1. The third-order valence-corrected chi connectivity index (χ3v) is 5.86. The molecule has 5 nitrogen and oxygen atoms in total. The maximum Gasteiger partial charge on any atom is 0.270 e. The Hall–Kier alpha value is -3.34. The van der Waals surface area contributed by atoms with E-state index in [2.05, 4.69) is 47.2 Å². The number of nitrogens with one attached hydrogen (secondary N) is 1. The van der Waals surface area contributed by atoms with Crippen molar-refractivity contribution in [3.8, 4) is 0 Å². The van der Waals surface area contributed by atoms with Crippen LogP contribution in [-0.4, -0.2) is 33.9 Å². The fraction of sp³-hybridized carbons (Fsp3) is 0.280. The van der Waals surface area contributed by atoms with Gasteiger partial charge >= 0.3 is 0 Å². The Morgan fingerprint density at radius 2 is 2.07 bits per heavy atom. The maximum absolute atomic E-state index is 13.1. The van der Waals surface area contributed by atoms with E-state index in [0.717, 1.165) is 48.4 Å². The molecule has 4 aromatic rings. The van der Waals surface area contributed by atoms with Crippen LogP contribution in [0.1, 0.15) is 52.0 Å². The number of nitrogens with zero attached hydrogens (tertiary/aromatic N) is 2. The number of rotatable bonds is 4. The van der Waals surface area contributed by atoms with Crippen molar-refractivity contribution in [2.45, 2.75) is 32.1 Å². The Balaban J connectivity index is 1.30. The molecule has 1 fully saturated rings. The molecule has 0 spiro atoms. The molecule has 1 atom stereocenters. The standard InChI is InChI=1S/C25H25N3O2/c1-17-9-10-19-14-23(27-22(19)12-17)25(29)28-11-5-8-20(16-28)24-26-15-21(30-24)13-18-6-3-2-4-7-18/h2-4,6-7,9-10,12,14-15,20,27H,5,8,11,13,16H2,1H3/t20-/m1/s1. The van der Waals surface area contributed by atoms with Gasteiger partial charge in [-0.1, -0.05) is 42.5 Å². The van der Waals surface area contributed by atoms with Gasteiger partial charge in [-0.2, -0.15) is 0 Å². The molecule has 1 amide bonds. The summed E-state index contributed by atoms with van der Waals surface area (Å²) in [5.41, 5.74) is 4.03. The molecule has 2 aromatic heterocycles. The highest BCUT2D eigenvalue weighted by Gasteiger charge is 2.29. The Morgan fingerprint density at radius 1 is 1.20 bits per heavy atom. The van der Waals surface area contributed by atoms with Gasteiger partial charge in [-0.25, -0.2) is 4.98 Å². The Bertz CT molecular complexity index is 1180. The van der Waals surface area contributed by atoms with Crippen LogP contribution >= 0.6 is 0 Å². The average molecular weight is 399 g/mol. The number of aromatic amines is 1. The summed E-state index contributed by atoms with van der Waals surface area (Å²) in [4.78, 5) is 22.9. The SMILES string of the molecule is Cc1ccc2cc(C(=O)N3CCC[C@@H](c4ncc(Cc5ccccc5)o4)C3)[nH]c2c1. The van der Waals surface area contributed by atoms with Gasteiger partial charge in [-0.3, -0.25) is 4.79 Å². The van der Waals surface area contributed by atoms with E-state index in [0.29, 0.717) is 12.2 Å². The first kappa shape index (κ1) is 18.7. The summed E-state index contributed by atoms with van der Waals surface area (Å²) in [6.45, 7) is 3.46. The Labute approximate surface area is 175 Å². The summed E-state index contributed by atoms with van der Waals surface area (Å²) in [6, 6.07) is 18.4. The number of piperidine rings is 1. The van der Waals surface area contributed by atoms with Crippen molar-refractivity contribution in [3.63, 3.8) is 0 Å². The molecule has 1 aliphatic heterocycles. The molecular weight excluding hydrogens is 374 g/mol. The van der Waals surface area contributed by atoms with Crippen LogP contribution in [0.15, 0.2) is 65.2 Å². The van der Waals surface area contributed by atoms with Gasteiger partial charge in [-0.15, -0.1) is 0 Å². The van der Waals surface area contributed by atoms with Crippen LogP contribution in [0.4, 0.5) is 0 Å². The van der Waals surface area contributed by atoms with Crippen molar-refractivity contribution in [3.05, 3.63) is 89.3 Å². The monoisotopic (exact) mass is 399 g/mol. The lowest BCUT2D eigenvalue weighted by Gasteiger charge is -2.31. The molecule has 5 rings (SSSR count). The fourth-order valence-corrected chi connectivity index (χ4v) is 4.28.